The third kappa shape index (κ3) is 3.67. The van der Waals surface area contributed by atoms with Gasteiger partial charge in [-0.2, -0.15) is 0 Å². The average molecular weight is 439 g/mol. The number of nitrogens with one attached hydrogen (secondary N) is 1. The van der Waals surface area contributed by atoms with E-state index >= 15 is 0 Å². The highest BCUT2D eigenvalue weighted by Crippen LogP contribution is 2.39. The number of benzene rings is 3. The van der Waals surface area contributed by atoms with E-state index in [0.29, 0.717) is 5.56 Å². The van der Waals surface area contributed by atoms with Crippen molar-refractivity contribution in [3.63, 3.8) is 0 Å². The number of nitrogens with zero attached hydrogens (tertiary/aromatic N) is 1. The van der Waals surface area contributed by atoms with Gasteiger partial charge in [-0.05, 0) is 73.5 Å². The molecule has 28 heavy (non-hydrogen) atoms. The zero-order valence-corrected chi connectivity index (χ0v) is 17.0. The van der Waals surface area contributed by atoms with Crippen LogP contribution in [0.4, 0.5) is 15.8 Å². The number of carbonyl (C=O) groups is 1. The molecule has 1 amide bonds. The van der Waals surface area contributed by atoms with Gasteiger partial charge in [0, 0.05) is 27.5 Å². The lowest BCUT2D eigenvalue weighted by atomic mass is 9.90. The third-order valence-corrected chi connectivity index (χ3v) is 5.61. The summed E-state index contributed by atoms with van der Waals surface area (Å²) in [5.74, 6) is -0.454. The smallest absolute Gasteiger partial charge is 0.258 e. The molecule has 3 aromatic rings. The number of fused-ring (bicyclic) bond motifs is 1. The Morgan fingerprint density at radius 1 is 1.04 bits per heavy atom. The Hall–Kier alpha value is -2.66. The molecule has 0 fully saturated rings. The van der Waals surface area contributed by atoms with Crippen molar-refractivity contribution in [2.75, 3.05) is 10.2 Å². The van der Waals surface area contributed by atoms with Crippen LogP contribution in [0.15, 0.2) is 77.3 Å². The third-order valence-electron chi connectivity index (χ3n) is 5.08. The molecule has 1 N–H and O–H groups in total. The standard InChI is InChI=1S/C23H20BrFN2O/c1-15-14-21(26-19-12-8-17(24)9-13-19)20-4-2-3-5-22(20)27(15)23(28)16-6-10-18(25)11-7-16/h2-13,15,21,26H,14H2,1H3/t15-,21+/m1/s1. The van der Waals surface area contributed by atoms with Gasteiger partial charge in [0.2, 0.25) is 0 Å². The molecule has 0 spiro atoms. The second-order valence-corrected chi connectivity index (χ2v) is 7.95. The van der Waals surface area contributed by atoms with E-state index < -0.39 is 0 Å². The summed E-state index contributed by atoms with van der Waals surface area (Å²) in [5, 5.41) is 3.59. The lowest BCUT2D eigenvalue weighted by Gasteiger charge is -2.40. The lowest BCUT2D eigenvalue weighted by Crippen LogP contribution is -2.44. The highest BCUT2D eigenvalue weighted by molar-refractivity contribution is 9.10. The van der Waals surface area contributed by atoms with Crippen LogP contribution in [0.3, 0.4) is 0 Å². The minimum atomic E-state index is -0.345. The van der Waals surface area contributed by atoms with Gasteiger partial charge in [-0.25, -0.2) is 4.39 Å². The van der Waals surface area contributed by atoms with Crippen LogP contribution >= 0.6 is 15.9 Å². The summed E-state index contributed by atoms with van der Waals surface area (Å²) < 4.78 is 14.3. The normalized spacial score (nSPS) is 18.5. The Morgan fingerprint density at radius 2 is 1.71 bits per heavy atom. The van der Waals surface area contributed by atoms with Crippen LogP contribution < -0.4 is 10.2 Å². The van der Waals surface area contributed by atoms with Crippen LogP contribution in [0.2, 0.25) is 0 Å². The van der Waals surface area contributed by atoms with Gasteiger partial charge in [-0.1, -0.05) is 34.1 Å². The summed E-state index contributed by atoms with van der Waals surface area (Å²) in [4.78, 5) is 15.0. The molecule has 0 saturated carbocycles. The summed E-state index contributed by atoms with van der Waals surface area (Å²) in [7, 11) is 0. The number of rotatable bonds is 3. The SMILES string of the molecule is C[C@@H]1C[C@H](Nc2ccc(Br)cc2)c2ccccc2N1C(=O)c1ccc(F)cc1. The first kappa shape index (κ1) is 18.7. The fraction of sp³-hybridized carbons (Fsp3) is 0.174. The quantitative estimate of drug-likeness (QED) is 0.529. The lowest BCUT2D eigenvalue weighted by molar-refractivity contribution is 0.0974. The van der Waals surface area contributed by atoms with Crippen molar-refractivity contribution in [2.24, 2.45) is 0 Å². The molecule has 5 heteroatoms. The first-order valence-corrected chi connectivity index (χ1v) is 10.0. The van der Waals surface area contributed by atoms with Crippen LogP contribution in [0.25, 0.3) is 0 Å². The molecule has 0 radical (unpaired) electrons. The van der Waals surface area contributed by atoms with Crippen molar-refractivity contribution in [1.29, 1.82) is 0 Å². The second kappa shape index (κ2) is 7.76. The topological polar surface area (TPSA) is 32.3 Å². The number of hydrogen-bond donors (Lipinski definition) is 1. The van der Waals surface area contributed by atoms with Crippen LogP contribution in [0.5, 0.6) is 0 Å². The molecule has 3 aromatic carbocycles. The summed E-state index contributed by atoms with van der Waals surface area (Å²) >= 11 is 3.46. The molecule has 0 saturated heterocycles. The maximum absolute atomic E-state index is 13.3. The van der Waals surface area contributed by atoms with Crippen molar-refractivity contribution in [2.45, 2.75) is 25.4 Å². The van der Waals surface area contributed by atoms with Gasteiger partial charge in [0.15, 0.2) is 0 Å². The van der Waals surface area contributed by atoms with Gasteiger partial charge in [0.05, 0.1) is 6.04 Å². The maximum atomic E-state index is 13.3. The van der Waals surface area contributed by atoms with Gasteiger partial charge in [-0.3, -0.25) is 4.79 Å². The number of hydrogen-bond acceptors (Lipinski definition) is 2. The molecule has 0 bridgehead atoms. The average Bonchev–Trinajstić information content (AvgIpc) is 2.70. The number of anilines is 2. The zero-order valence-electron chi connectivity index (χ0n) is 15.4. The van der Waals surface area contributed by atoms with E-state index in [1.165, 1.54) is 12.1 Å². The fourth-order valence-electron chi connectivity index (χ4n) is 3.74. The predicted molar refractivity (Wildman–Crippen MR) is 114 cm³/mol. The van der Waals surface area contributed by atoms with E-state index in [0.717, 1.165) is 27.8 Å². The van der Waals surface area contributed by atoms with E-state index in [2.05, 4.69) is 27.3 Å². The fourth-order valence-corrected chi connectivity index (χ4v) is 4.00. The molecule has 142 valence electrons. The minimum Gasteiger partial charge on any atom is -0.378 e. The highest BCUT2D eigenvalue weighted by atomic mass is 79.9. The summed E-state index contributed by atoms with van der Waals surface area (Å²) in [5.41, 5.74) is 3.50. The van der Waals surface area contributed by atoms with Crippen molar-refractivity contribution in [1.82, 2.24) is 0 Å². The molecule has 3 nitrogen and oxygen atoms in total. The van der Waals surface area contributed by atoms with Gasteiger partial charge in [0.1, 0.15) is 5.82 Å². The van der Waals surface area contributed by atoms with E-state index in [1.54, 1.807) is 12.1 Å². The van der Waals surface area contributed by atoms with E-state index in [9.17, 15) is 9.18 Å². The molecule has 0 unspecified atom stereocenters. The van der Waals surface area contributed by atoms with Crippen molar-refractivity contribution < 1.29 is 9.18 Å². The Kier molecular flexibility index (Phi) is 5.18. The van der Waals surface area contributed by atoms with Crippen LogP contribution in [0, 0.1) is 5.82 Å². The molecular formula is C23H20BrFN2O. The van der Waals surface area contributed by atoms with Crippen LogP contribution in [0.1, 0.15) is 35.3 Å². The number of amides is 1. The Morgan fingerprint density at radius 3 is 2.43 bits per heavy atom. The van der Waals surface area contributed by atoms with Gasteiger partial charge < -0.3 is 10.2 Å². The Balaban J connectivity index is 1.67. The van der Waals surface area contributed by atoms with Crippen molar-refractivity contribution >= 4 is 33.2 Å². The predicted octanol–water partition coefficient (Wildman–Crippen LogP) is 6.18. The largest absolute Gasteiger partial charge is 0.378 e. The number of carbonyl (C=O) groups excluding carboxylic acids is 1. The zero-order chi connectivity index (χ0) is 19.7. The summed E-state index contributed by atoms with van der Waals surface area (Å²) in [6.07, 6.45) is 0.778. The first-order chi connectivity index (χ1) is 13.5. The van der Waals surface area contributed by atoms with Gasteiger partial charge in [0.25, 0.3) is 5.91 Å². The molecule has 1 aliphatic heterocycles. The number of para-hydroxylation sites is 1. The number of halogens is 2. The molecule has 2 atom stereocenters. The van der Waals surface area contributed by atoms with E-state index in [-0.39, 0.29) is 23.8 Å². The van der Waals surface area contributed by atoms with Gasteiger partial charge in [-0.15, -0.1) is 0 Å². The first-order valence-electron chi connectivity index (χ1n) is 9.23. The van der Waals surface area contributed by atoms with Crippen LogP contribution in [-0.4, -0.2) is 11.9 Å². The molecular weight excluding hydrogens is 419 g/mol. The van der Waals surface area contributed by atoms with E-state index in [1.807, 2.05) is 54.3 Å². The molecule has 0 aromatic heterocycles. The van der Waals surface area contributed by atoms with Gasteiger partial charge >= 0.3 is 0 Å². The monoisotopic (exact) mass is 438 g/mol. The molecule has 4 rings (SSSR count). The van der Waals surface area contributed by atoms with Crippen molar-refractivity contribution in [3.8, 4) is 0 Å². The highest BCUT2D eigenvalue weighted by Gasteiger charge is 2.34. The maximum Gasteiger partial charge on any atom is 0.258 e. The Bertz CT molecular complexity index is 988. The van der Waals surface area contributed by atoms with Crippen molar-refractivity contribution in [3.05, 3.63) is 94.2 Å². The van der Waals surface area contributed by atoms with E-state index in [4.69, 9.17) is 0 Å². The molecule has 0 aliphatic carbocycles. The second-order valence-electron chi connectivity index (χ2n) is 7.03. The molecule has 1 aliphatic rings. The molecule has 1 heterocycles. The van der Waals surface area contributed by atoms with Crippen LogP contribution in [-0.2, 0) is 0 Å². The summed E-state index contributed by atoms with van der Waals surface area (Å²) in [6.45, 7) is 2.05. The Labute approximate surface area is 172 Å². The summed E-state index contributed by atoms with van der Waals surface area (Å²) in [6, 6.07) is 21.9. The minimum absolute atomic E-state index is 0.000372.